The van der Waals surface area contributed by atoms with Gasteiger partial charge in [-0.25, -0.2) is 0 Å². The average Bonchev–Trinajstić information content (AvgIpc) is 2.29. The molecule has 0 aliphatic carbocycles. The molecule has 0 saturated heterocycles. The molecule has 0 spiro atoms. The standard InChI is InChI=1S/C12H13NO2/c1-3-10-4-5-11(9-13)12(8-10)15-7-6-14-2/h3-5,8H,1,6-7H2,2H3. The third-order valence-corrected chi connectivity index (χ3v) is 1.91. The van der Waals surface area contributed by atoms with E-state index in [9.17, 15) is 0 Å². The van der Waals surface area contributed by atoms with E-state index in [1.807, 2.05) is 6.07 Å². The van der Waals surface area contributed by atoms with Crippen LogP contribution in [0.5, 0.6) is 5.75 Å². The lowest BCUT2D eigenvalue weighted by molar-refractivity contribution is 0.146. The number of nitrogens with zero attached hydrogens (tertiary/aromatic N) is 1. The Morgan fingerprint density at radius 2 is 2.27 bits per heavy atom. The van der Waals surface area contributed by atoms with Gasteiger partial charge in [-0.15, -0.1) is 0 Å². The number of benzene rings is 1. The van der Waals surface area contributed by atoms with Crippen LogP contribution < -0.4 is 4.74 Å². The minimum atomic E-state index is 0.436. The Bertz CT molecular complexity index is 380. The van der Waals surface area contributed by atoms with Crippen molar-refractivity contribution in [2.75, 3.05) is 20.3 Å². The lowest BCUT2D eigenvalue weighted by atomic mass is 10.1. The van der Waals surface area contributed by atoms with E-state index in [0.717, 1.165) is 5.56 Å². The highest BCUT2D eigenvalue weighted by atomic mass is 16.5. The Morgan fingerprint density at radius 3 is 2.87 bits per heavy atom. The van der Waals surface area contributed by atoms with E-state index < -0.39 is 0 Å². The van der Waals surface area contributed by atoms with Gasteiger partial charge < -0.3 is 9.47 Å². The minimum absolute atomic E-state index is 0.436. The number of rotatable bonds is 5. The van der Waals surface area contributed by atoms with Crippen LogP contribution in [-0.4, -0.2) is 20.3 Å². The fourth-order valence-electron chi connectivity index (χ4n) is 1.11. The molecule has 3 heteroatoms. The molecule has 0 saturated carbocycles. The van der Waals surface area contributed by atoms with Crippen molar-refractivity contribution in [2.45, 2.75) is 0 Å². The van der Waals surface area contributed by atoms with Gasteiger partial charge >= 0.3 is 0 Å². The number of hydrogen-bond donors (Lipinski definition) is 0. The van der Waals surface area contributed by atoms with Crippen molar-refractivity contribution in [2.24, 2.45) is 0 Å². The lowest BCUT2D eigenvalue weighted by Gasteiger charge is -2.07. The zero-order valence-electron chi connectivity index (χ0n) is 8.69. The highest BCUT2D eigenvalue weighted by Crippen LogP contribution is 2.20. The highest BCUT2D eigenvalue weighted by Gasteiger charge is 2.03. The molecule has 0 aliphatic heterocycles. The molecule has 0 N–H and O–H groups in total. The van der Waals surface area contributed by atoms with Crippen LogP contribution in [0.15, 0.2) is 24.8 Å². The van der Waals surface area contributed by atoms with E-state index in [-0.39, 0.29) is 0 Å². The minimum Gasteiger partial charge on any atom is -0.490 e. The Hall–Kier alpha value is -1.79. The molecule has 1 aromatic carbocycles. The molecular formula is C12H13NO2. The summed E-state index contributed by atoms with van der Waals surface area (Å²) in [5.41, 5.74) is 1.46. The number of methoxy groups -OCH3 is 1. The molecule has 0 atom stereocenters. The van der Waals surface area contributed by atoms with Gasteiger partial charge in [-0.2, -0.15) is 5.26 Å². The molecule has 0 aliphatic rings. The first-order chi connectivity index (χ1) is 7.31. The van der Waals surface area contributed by atoms with E-state index in [0.29, 0.717) is 24.5 Å². The molecule has 0 unspecified atom stereocenters. The largest absolute Gasteiger partial charge is 0.490 e. The molecule has 0 fully saturated rings. The molecule has 15 heavy (non-hydrogen) atoms. The third-order valence-electron chi connectivity index (χ3n) is 1.91. The van der Waals surface area contributed by atoms with Gasteiger partial charge in [0.15, 0.2) is 0 Å². The van der Waals surface area contributed by atoms with Crippen molar-refractivity contribution in [1.29, 1.82) is 5.26 Å². The van der Waals surface area contributed by atoms with Gasteiger partial charge in [-0.3, -0.25) is 0 Å². The van der Waals surface area contributed by atoms with Crippen LogP contribution >= 0.6 is 0 Å². The van der Waals surface area contributed by atoms with E-state index in [4.69, 9.17) is 14.7 Å². The fourth-order valence-corrected chi connectivity index (χ4v) is 1.11. The summed E-state index contributed by atoms with van der Waals surface area (Å²) in [7, 11) is 1.61. The van der Waals surface area contributed by atoms with E-state index in [2.05, 4.69) is 12.6 Å². The van der Waals surface area contributed by atoms with Gasteiger partial charge in [0.05, 0.1) is 12.2 Å². The zero-order valence-corrected chi connectivity index (χ0v) is 8.69. The van der Waals surface area contributed by atoms with Crippen LogP contribution in [0.3, 0.4) is 0 Å². The first-order valence-electron chi connectivity index (χ1n) is 4.60. The van der Waals surface area contributed by atoms with Gasteiger partial charge in [0, 0.05) is 7.11 Å². The van der Waals surface area contributed by atoms with Crippen molar-refractivity contribution in [3.63, 3.8) is 0 Å². The summed E-state index contributed by atoms with van der Waals surface area (Å²) < 4.78 is 10.3. The SMILES string of the molecule is C=Cc1ccc(C#N)c(OCCOC)c1. The normalized spacial score (nSPS) is 9.33. The third kappa shape index (κ3) is 3.12. The molecule has 3 nitrogen and oxygen atoms in total. The fraction of sp³-hybridized carbons (Fsp3) is 0.250. The number of ether oxygens (including phenoxy) is 2. The van der Waals surface area contributed by atoms with E-state index in [1.54, 1.807) is 25.3 Å². The molecule has 0 bridgehead atoms. The second-order valence-electron chi connectivity index (χ2n) is 2.91. The summed E-state index contributed by atoms with van der Waals surface area (Å²) in [4.78, 5) is 0. The molecule has 0 radical (unpaired) electrons. The molecule has 1 rings (SSSR count). The zero-order chi connectivity index (χ0) is 11.1. The average molecular weight is 203 g/mol. The second kappa shape index (κ2) is 5.84. The maximum absolute atomic E-state index is 8.85. The Morgan fingerprint density at radius 1 is 1.47 bits per heavy atom. The van der Waals surface area contributed by atoms with Gasteiger partial charge in [-0.05, 0) is 17.7 Å². The second-order valence-corrected chi connectivity index (χ2v) is 2.91. The molecule has 0 amide bonds. The maximum atomic E-state index is 8.85. The van der Waals surface area contributed by atoms with Gasteiger partial charge in [0.25, 0.3) is 0 Å². The summed E-state index contributed by atoms with van der Waals surface area (Å²) in [6.45, 7) is 4.60. The molecular weight excluding hydrogens is 190 g/mol. The molecule has 78 valence electrons. The van der Waals surface area contributed by atoms with Crippen LogP contribution in [0.25, 0.3) is 6.08 Å². The van der Waals surface area contributed by atoms with Gasteiger partial charge in [0.2, 0.25) is 0 Å². The summed E-state index contributed by atoms with van der Waals surface area (Å²) >= 11 is 0. The molecule has 1 aromatic rings. The predicted octanol–water partition coefficient (Wildman–Crippen LogP) is 2.23. The Balaban J connectivity index is 2.82. The van der Waals surface area contributed by atoms with Crippen molar-refractivity contribution in [1.82, 2.24) is 0 Å². The topological polar surface area (TPSA) is 42.2 Å². The molecule has 0 heterocycles. The first-order valence-corrected chi connectivity index (χ1v) is 4.60. The van der Waals surface area contributed by atoms with Crippen molar-refractivity contribution in [3.8, 4) is 11.8 Å². The Kier molecular flexibility index (Phi) is 4.39. The monoisotopic (exact) mass is 203 g/mol. The summed E-state index contributed by atoms with van der Waals surface area (Å²) in [6.07, 6.45) is 1.71. The maximum Gasteiger partial charge on any atom is 0.137 e. The van der Waals surface area contributed by atoms with Gasteiger partial charge in [-0.1, -0.05) is 18.7 Å². The highest BCUT2D eigenvalue weighted by molar-refractivity contribution is 5.55. The van der Waals surface area contributed by atoms with Crippen LogP contribution in [-0.2, 0) is 4.74 Å². The Labute approximate surface area is 89.6 Å². The quantitative estimate of drug-likeness (QED) is 0.689. The van der Waals surface area contributed by atoms with Crippen LogP contribution in [0.2, 0.25) is 0 Å². The summed E-state index contributed by atoms with van der Waals surface area (Å²) in [5.74, 6) is 0.576. The van der Waals surface area contributed by atoms with Gasteiger partial charge in [0.1, 0.15) is 18.4 Å². The summed E-state index contributed by atoms with van der Waals surface area (Å²) in [5, 5.41) is 8.85. The van der Waals surface area contributed by atoms with Crippen LogP contribution in [0.4, 0.5) is 0 Å². The number of nitriles is 1. The lowest BCUT2D eigenvalue weighted by Crippen LogP contribution is -2.05. The number of hydrogen-bond acceptors (Lipinski definition) is 3. The summed E-state index contributed by atoms with van der Waals surface area (Å²) in [6, 6.07) is 7.42. The van der Waals surface area contributed by atoms with Crippen LogP contribution in [0.1, 0.15) is 11.1 Å². The van der Waals surface area contributed by atoms with Crippen molar-refractivity contribution >= 4 is 6.08 Å². The van der Waals surface area contributed by atoms with Crippen LogP contribution in [0, 0.1) is 11.3 Å². The van der Waals surface area contributed by atoms with Crippen molar-refractivity contribution < 1.29 is 9.47 Å². The molecule has 0 aromatic heterocycles. The smallest absolute Gasteiger partial charge is 0.137 e. The van der Waals surface area contributed by atoms with E-state index >= 15 is 0 Å². The predicted molar refractivity (Wildman–Crippen MR) is 58.6 cm³/mol. The van der Waals surface area contributed by atoms with Crippen molar-refractivity contribution in [3.05, 3.63) is 35.9 Å². The van der Waals surface area contributed by atoms with E-state index in [1.165, 1.54) is 0 Å². The first kappa shape index (κ1) is 11.3.